The average molecular weight is 259 g/mol. The summed E-state index contributed by atoms with van der Waals surface area (Å²) in [4.78, 5) is 3.88. The van der Waals surface area contributed by atoms with Gasteiger partial charge in [0.15, 0.2) is 0 Å². The molecule has 1 heterocycles. The summed E-state index contributed by atoms with van der Waals surface area (Å²) in [7, 11) is 0. The molecular formula is C12H16F3N3. The standard InChI is InChI=1S/C12H16F3N3/c1-2-11(3-4-11)7-17-10-6-8(12(13,14)15)5-9(16)18-10/h5-6H,2-4,7H2,1H3,(H3,16,17,18). The van der Waals surface area contributed by atoms with E-state index in [4.69, 9.17) is 5.73 Å². The Kier molecular flexibility index (Phi) is 3.12. The molecule has 0 radical (unpaired) electrons. The van der Waals surface area contributed by atoms with Crippen LogP contribution >= 0.6 is 0 Å². The number of anilines is 2. The maximum Gasteiger partial charge on any atom is 0.416 e. The minimum atomic E-state index is -4.39. The fourth-order valence-corrected chi connectivity index (χ4v) is 1.92. The highest BCUT2D eigenvalue weighted by molar-refractivity contribution is 5.47. The van der Waals surface area contributed by atoms with E-state index in [1.807, 2.05) is 0 Å². The minimum absolute atomic E-state index is 0.117. The molecule has 2 rings (SSSR count). The topological polar surface area (TPSA) is 50.9 Å². The summed E-state index contributed by atoms with van der Waals surface area (Å²) in [5, 5.41) is 2.96. The second-order valence-electron chi connectivity index (χ2n) is 4.87. The second kappa shape index (κ2) is 4.33. The van der Waals surface area contributed by atoms with E-state index in [0.29, 0.717) is 6.54 Å². The molecular weight excluding hydrogens is 243 g/mol. The van der Waals surface area contributed by atoms with E-state index in [9.17, 15) is 13.2 Å². The smallest absolute Gasteiger partial charge is 0.384 e. The first kappa shape index (κ1) is 13.0. The fourth-order valence-electron chi connectivity index (χ4n) is 1.92. The molecule has 1 aliphatic rings. The van der Waals surface area contributed by atoms with Crippen LogP contribution in [0.1, 0.15) is 31.7 Å². The third kappa shape index (κ3) is 2.86. The van der Waals surface area contributed by atoms with Gasteiger partial charge in [0.2, 0.25) is 0 Å². The van der Waals surface area contributed by atoms with Crippen LogP contribution in [0.3, 0.4) is 0 Å². The van der Waals surface area contributed by atoms with Crippen molar-refractivity contribution in [3.05, 3.63) is 17.7 Å². The molecule has 18 heavy (non-hydrogen) atoms. The van der Waals surface area contributed by atoms with Gasteiger partial charge in [-0.25, -0.2) is 4.98 Å². The highest BCUT2D eigenvalue weighted by Crippen LogP contribution is 2.48. The van der Waals surface area contributed by atoms with E-state index >= 15 is 0 Å². The molecule has 0 spiro atoms. The first-order valence-corrected chi connectivity index (χ1v) is 5.93. The van der Waals surface area contributed by atoms with E-state index in [0.717, 1.165) is 31.4 Å². The molecule has 3 N–H and O–H groups in total. The SMILES string of the molecule is CCC1(CNc2cc(C(F)(F)F)cc(N)n2)CC1. The van der Waals surface area contributed by atoms with Crippen LogP contribution in [0.25, 0.3) is 0 Å². The molecule has 1 aliphatic carbocycles. The third-order valence-electron chi connectivity index (χ3n) is 3.52. The van der Waals surface area contributed by atoms with E-state index < -0.39 is 11.7 Å². The van der Waals surface area contributed by atoms with Gasteiger partial charge in [-0.3, -0.25) is 0 Å². The van der Waals surface area contributed by atoms with Crippen molar-refractivity contribution in [2.24, 2.45) is 5.41 Å². The molecule has 0 bridgehead atoms. The zero-order valence-electron chi connectivity index (χ0n) is 10.1. The number of aromatic nitrogens is 1. The molecule has 0 amide bonds. The number of hydrogen-bond acceptors (Lipinski definition) is 3. The predicted octanol–water partition coefficient (Wildman–Crippen LogP) is 3.28. The molecule has 3 nitrogen and oxygen atoms in total. The van der Waals surface area contributed by atoms with Gasteiger partial charge in [0, 0.05) is 6.54 Å². The summed E-state index contributed by atoms with van der Waals surface area (Å²) >= 11 is 0. The molecule has 0 aromatic carbocycles. The Morgan fingerprint density at radius 2 is 2.06 bits per heavy atom. The Bertz CT molecular complexity index is 439. The van der Waals surface area contributed by atoms with Crippen LogP contribution in [-0.2, 0) is 6.18 Å². The zero-order valence-corrected chi connectivity index (χ0v) is 10.1. The minimum Gasteiger partial charge on any atom is -0.384 e. The second-order valence-corrected chi connectivity index (χ2v) is 4.87. The molecule has 6 heteroatoms. The molecule has 100 valence electrons. The van der Waals surface area contributed by atoms with Gasteiger partial charge >= 0.3 is 6.18 Å². The van der Waals surface area contributed by atoms with Gasteiger partial charge in [-0.1, -0.05) is 6.92 Å². The maximum atomic E-state index is 12.6. The lowest BCUT2D eigenvalue weighted by molar-refractivity contribution is -0.137. The van der Waals surface area contributed by atoms with Crippen molar-refractivity contribution in [2.75, 3.05) is 17.6 Å². The van der Waals surface area contributed by atoms with Crippen LogP contribution < -0.4 is 11.1 Å². The number of pyridine rings is 1. The lowest BCUT2D eigenvalue weighted by Gasteiger charge is -2.15. The van der Waals surface area contributed by atoms with E-state index in [2.05, 4.69) is 17.2 Å². The molecule has 1 saturated carbocycles. The van der Waals surface area contributed by atoms with Gasteiger partial charge in [0.1, 0.15) is 11.6 Å². The summed E-state index contributed by atoms with van der Waals surface area (Å²) in [6.45, 7) is 2.74. The lowest BCUT2D eigenvalue weighted by atomic mass is 10.0. The van der Waals surface area contributed by atoms with E-state index in [1.165, 1.54) is 0 Å². The van der Waals surface area contributed by atoms with Crippen molar-refractivity contribution in [3.8, 4) is 0 Å². The fraction of sp³-hybridized carbons (Fsp3) is 0.583. The van der Waals surface area contributed by atoms with E-state index in [-0.39, 0.29) is 17.1 Å². The predicted molar refractivity (Wildman–Crippen MR) is 64.1 cm³/mol. The number of nitrogens with one attached hydrogen (secondary N) is 1. The van der Waals surface area contributed by atoms with Crippen molar-refractivity contribution >= 4 is 11.6 Å². The largest absolute Gasteiger partial charge is 0.416 e. The first-order valence-electron chi connectivity index (χ1n) is 5.93. The zero-order chi connectivity index (χ0) is 13.4. The van der Waals surface area contributed by atoms with Gasteiger partial charge in [-0.2, -0.15) is 13.2 Å². The quantitative estimate of drug-likeness (QED) is 0.872. The summed E-state index contributed by atoms with van der Waals surface area (Å²) in [5.41, 5.74) is 4.87. The molecule has 0 atom stereocenters. The van der Waals surface area contributed by atoms with Crippen molar-refractivity contribution in [3.63, 3.8) is 0 Å². The molecule has 1 aromatic heterocycles. The molecule has 0 saturated heterocycles. The number of nitrogens with zero attached hydrogens (tertiary/aromatic N) is 1. The first-order chi connectivity index (χ1) is 8.35. The van der Waals surface area contributed by atoms with Crippen LogP contribution in [0.15, 0.2) is 12.1 Å². The summed E-state index contributed by atoms with van der Waals surface area (Å²) in [6.07, 6.45) is -1.14. The van der Waals surface area contributed by atoms with Gasteiger partial charge < -0.3 is 11.1 Å². The molecule has 1 fully saturated rings. The Morgan fingerprint density at radius 1 is 1.39 bits per heavy atom. The number of nitrogens with two attached hydrogens (primary N) is 1. The number of rotatable bonds is 4. The Morgan fingerprint density at radius 3 is 2.56 bits per heavy atom. The Labute approximate surface area is 104 Å². The number of hydrogen-bond donors (Lipinski definition) is 2. The van der Waals surface area contributed by atoms with Crippen LogP contribution in [0.5, 0.6) is 0 Å². The van der Waals surface area contributed by atoms with Crippen molar-refractivity contribution in [1.29, 1.82) is 0 Å². The van der Waals surface area contributed by atoms with Crippen LogP contribution in [0.2, 0.25) is 0 Å². The monoisotopic (exact) mass is 259 g/mol. The highest BCUT2D eigenvalue weighted by Gasteiger charge is 2.40. The van der Waals surface area contributed by atoms with Gasteiger partial charge in [0.05, 0.1) is 5.56 Å². The summed E-state index contributed by atoms with van der Waals surface area (Å²) < 4.78 is 37.8. The van der Waals surface area contributed by atoms with Gasteiger partial charge in [0.25, 0.3) is 0 Å². The molecule has 0 aliphatic heterocycles. The Balaban J connectivity index is 2.11. The third-order valence-corrected chi connectivity index (χ3v) is 3.52. The van der Waals surface area contributed by atoms with E-state index in [1.54, 1.807) is 0 Å². The molecule has 1 aromatic rings. The normalized spacial score (nSPS) is 17.6. The van der Waals surface area contributed by atoms with Crippen molar-refractivity contribution < 1.29 is 13.2 Å². The van der Waals surface area contributed by atoms with Crippen LogP contribution in [-0.4, -0.2) is 11.5 Å². The summed E-state index contributed by atoms with van der Waals surface area (Å²) in [6, 6.07) is 1.85. The van der Waals surface area contributed by atoms with Crippen LogP contribution in [0.4, 0.5) is 24.8 Å². The lowest BCUT2D eigenvalue weighted by Crippen LogP contribution is -2.16. The highest BCUT2D eigenvalue weighted by atomic mass is 19.4. The number of halogens is 3. The number of alkyl halides is 3. The van der Waals surface area contributed by atoms with Crippen molar-refractivity contribution in [2.45, 2.75) is 32.4 Å². The number of nitrogen functional groups attached to an aromatic ring is 1. The average Bonchev–Trinajstić information content (AvgIpc) is 3.05. The van der Waals surface area contributed by atoms with Crippen molar-refractivity contribution in [1.82, 2.24) is 4.98 Å². The van der Waals surface area contributed by atoms with Gasteiger partial charge in [-0.15, -0.1) is 0 Å². The molecule has 0 unspecified atom stereocenters. The van der Waals surface area contributed by atoms with Gasteiger partial charge in [-0.05, 0) is 36.8 Å². The summed E-state index contributed by atoms with van der Waals surface area (Å²) in [5.74, 6) is 0.0794. The van der Waals surface area contributed by atoms with Crippen LogP contribution in [0, 0.1) is 5.41 Å². The Hall–Kier alpha value is -1.46. The maximum absolute atomic E-state index is 12.6.